The molecule has 1 heterocycles. The lowest BCUT2D eigenvalue weighted by Gasteiger charge is -2.18. The van der Waals surface area contributed by atoms with Gasteiger partial charge in [-0.25, -0.2) is 13.4 Å². The van der Waals surface area contributed by atoms with Gasteiger partial charge in [-0.3, -0.25) is 4.79 Å². The predicted molar refractivity (Wildman–Crippen MR) is 105 cm³/mol. The average molecular weight is 388 g/mol. The summed E-state index contributed by atoms with van der Waals surface area (Å²) in [7, 11) is -3.53. The molecule has 8 heteroatoms. The number of amides is 1. The van der Waals surface area contributed by atoms with E-state index in [2.05, 4.69) is 15.6 Å². The molecule has 0 aliphatic heterocycles. The van der Waals surface area contributed by atoms with Crippen LogP contribution in [0, 0.1) is 0 Å². The molecule has 1 aromatic heterocycles. The van der Waals surface area contributed by atoms with Crippen LogP contribution in [0.25, 0.3) is 0 Å². The molecule has 1 aromatic carbocycles. The Balaban J connectivity index is 1.66. The van der Waals surface area contributed by atoms with Crippen LogP contribution in [0.1, 0.15) is 37.0 Å². The van der Waals surface area contributed by atoms with Gasteiger partial charge in [0.05, 0.1) is 16.8 Å². The zero-order valence-corrected chi connectivity index (χ0v) is 16.3. The summed E-state index contributed by atoms with van der Waals surface area (Å²) in [6.07, 6.45) is 4.05. The maximum Gasteiger partial charge on any atom is 0.256 e. The Hall–Kier alpha value is -2.45. The maximum absolute atomic E-state index is 12.5. The normalized spacial score (nSPS) is 14.2. The van der Waals surface area contributed by atoms with E-state index in [1.54, 1.807) is 26.1 Å². The summed E-state index contributed by atoms with van der Waals surface area (Å²) in [5.41, 5.74) is 1.30. The summed E-state index contributed by atoms with van der Waals surface area (Å²) < 4.78 is 26.4. The van der Waals surface area contributed by atoms with Crippen molar-refractivity contribution in [3.05, 3.63) is 48.2 Å². The van der Waals surface area contributed by atoms with Crippen molar-refractivity contribution in [2.45, 2.75) is 37.6 Å². The summed E-state index contributed by atoms with van der Waals surface area (Å²) >= 11 is 0. The second kappa shape index (κ2) is 8.06. The van der Waals surface area contributed by atoms with E-state index in [0.717, 1.165) is 5.69 Å². The molecule has 1 saturated carbocycles. The lowest BCUT2D eigenvalue weighted by atomic mass is 10.2. The lowest BCUT2D eigenvalue weighted by Crippen LogP contribution is -2.30. The summed E-state index contributed by atoms with van der Waals surface area (Å²) in [5, 5.41) is 6.05. The van der Waals surface area contributed by atoms with Crippen LogP contribution in [0.3, 0.4) is 0 Å². The molecule has 0 atom stereocenters. The van der Waals surface area contributed by atoms with Gasteiger partial charge in [0.1, 0.15) is 5.82 Å². The minimum Gasteiger partial charge on any atom is -0.381 e. The van der Waals surface area contributed by atoms with Crippen molar-refractivity contribution in [3.8, 4) is 0 Å². The average Bonchev–Trinajstić information content (AvgIpc) is 3.48. The van der Waals surface area contributed by atoms with Crippen LogP contribution in [0.4, 0.5) is 11.5 Å². The summed E-state index contributed by atoms with van der Waals surface area (Å²) in [5.74, 6) is 0.110. The van der Waals surface area contributed by atoms with Gasteiger partial charge >= 0.3 is 0 Å². The molecule has 3 rings (SSSR count). The number of nitrogens with one attached hydrogen (secondary N) is 2. The lowest BCUT2D eigenvalue weighted by molar-refractivity contribution is 0.102. The molecule has 7 nitrogen and oxygen atoms in total. The third-order valence-corrected chi connectivity index (χ3v) is 6.48. The van der Waals surface area contributed by atoms with Crippen LogP contribution in [-0.2, 0) is 10.0 Å². The molecule has 0 bridgehead atoms. The van der Waals surface area contributed by atoms with Crippen LogP contribution in [-0.4, -0.2) is 42.7 Å². The van der Waals surface area contributed by atoms with E-state index in [4.69, 9.17) is 0 Å². The zero-order valence-electron chi connectivity index (χ0n) is 15.5. The Kier molecular flexibility index (Phi) is 5.76. The smallest absolute Gasteiger partial charge is 0.256 e. The second-order valence-corrected chi connectivity index (χ2v) is 8.36. The number of hydrogen-bond acceptors (Lipinski definition) is 5. The van der Waals surface area contributed by atoms with Crippen LogP contribution in [0.15, 0.2) is 47.5 Å². The first kappa shape index (κ1) is 19.3. The highest BCUT2D eigenvalue weighted by atomic mass is 32.2. The minimum atomic E-state index is -3.53. The Bertz CT molecular complexity index is 888. The molecular weight excluding hydrogens is 364 g/mol. The summed E-state index contributed by atoms with van der Waals surface area (Å²) in [6, 6.07) is 10.1. The van der Waals surface area contributed by atoms with Crippen molar-refractivity contribution in [1.82, 2.24) is 9.29 Å². The molecule has 2 N–H and O–H groups in total. The molecule has 1 fully saturated rings. The third-order valence-electron chi connectivity index (χ3n) is 4.41. The van der Waals surface area contributed by atoms with Crippen molar-refractivity contribution in [3.63, 3.8) is 0 Å². The number of anilines is 2. The van der Waals surface area contributed by atoms with Gasteiger partial charge in [-0.15, -0.1) is 0 Å². The van der Waals surface area contributed by atoms with Crippen molar-refractivity contribution in [1.29, 1.82) is 0 Å². The predicted octanol–water partition coefficient (Wildman–Crippen LogP) is 2.94. The number of pyridine rings is 1. The van der Waals surface area contributed by atoms with E-state index < -0.39 is 10.0 Å². The van der Waals surface area contributed by atoms with E-state index >= 15 is 0 Å². The number of carbonyl (C=O) groups excluding carboxylic acids is 1. The number of hydrogen-bond donors (Lipinski definition) is 2. The quantitative estimate of drug-likeness (QED) is 0.725. The van der Waals surface area contributed by atoms with Gasteiger partial charge in [-0.05, 0) is 49.2 Å². The van der Waals surface area contributed by atoms with E-state index in [9.17, 15) is 13.2 Å². The third kappa shape index (κ3) is 4.64. The maximum atomic E-state index is 12.5. The Morgan fingerprint density at radius 2 is 1.78 bits per heavy atom. The molecule has 2 aromatic rings. The van der Waals surface area contributed by atoms with Gasteiger partial charge in [0.25, 0.3) is 5.91 Å². The Labute approximate surface area is 159 Å². The largest absolute Gasteiger partial charge is 0.381 e. The first-order chi connectivity index (χ1) is 12.9. The molecule has 0 spiro atoms. The van der Waals surface area contributed by atoms with Crippen molar-refractivity contribution >= 4 is 27.4 Å². The standard InChI is InChI=1S/C19H24N4O3S/c1-3-23(4-2)27(25,26)17-10-5-14(6-11-17)19(24)22-18-12-9-16(13-20-18)21-15-7-8-15/h5-6,9-13,15,21H,3-4,7-8H2,1-2H3,(H,20,22,24). The van der Waals surface area contributed by atoms with Crippen LogP contribution >= 0.6 is 0 Å². The first-order valence-corrected chi connectivity index (χ1v) is 10.5. The first-order valence-electron chi connectivity index (χ1n) is 9.08. The molecule has 0 unspecified atom stereocenters. The Morgan fingerprint density at radius 3 is 2.30 bits per heavy atom. The fraction of sp³-hybridized carbons (Fsp3) is 0.368. The second-order valence-electron chi connectivity index (χ2n) is 6.42. The molecule has 0 saturated heterocycles. The zero-order chi connectivity index (χ0) is 19.4. The van der Waals surface area contributed by atoms with Gasteiger partial charge in [0, 0.05) is 24.7 Å². The molecule has 0 radical (unpaired) electrons. The highest BCUT2D eigenvalue weighted by Crippen LogP contribution is 2.24. The minimum absolute atomic E-state index is 0.177. The van der Waals surface area contributed by atoms with Crippen molar-refractivity contribution in [2.75, 3.05) is 23.7 Å². The number of sulfonamides is 1. The van der Waals surface area contributed by atoms with Gasteiger partial charge in [0.15, 0.2) is 0 Å². The van der Waals surface area contributed by atoms with E-state index in [0.29, 0.717) is 30.5 Å². The highest BCUT2D eigenvalue weighted by molar-refractivity contribution is 7.89. The van der Waals surface area contributed by atoms with E-state index in [-0.39, 0.29) is 10.8 Å². The van der Waals surface area contributed by atoms with Gasteiger partial charge in [-0.1, -0.05) is 13.8 Å². The van der Waals surface area contributed by atoms with Gasteiger partial charge < -0.3 is 10.6 Å². The fourth-order valence-electron chi connectivity index (χ4n) is 2.70. The molecule has 1 aliphatic carbocycles. The fourth-order valence-corrected chi connectivity index (χ4v) is 4.15. The number of aromatic nitrogens is 1. The monoisotopic (exact) mass is 388 g/mol. The van der Waals surface area contributed by atoms with Gasteiger partial charge in [-0.2, -0.15) is 4.31 Å². The van der Waals surface area contributed by atoms with Crippen LogP contribution in [0.5, 0.6) is 0 Å². The summed E-state index contributed by atoms with van der Waals surface area (Å²) in [6.45, 7) is 4.39. The van der Waals surface area contributed by atoms with Crippen molar-refractivity contribution < 1.29 is 13.2 Å². The van der Waals surface area contributed by atoms with E-state index in [1.807, 2.05) is 6.07 Å². The molecule has 27 heavy (non-hydrogen) atoms. The van der Waals surface area contributed by atoms with Gasteiger partial charge in [0.2, 0.25) is 10.0 Å². The number of carbonyl (C=O) groups is 1. The van der Waals surface area contributed by atoms with Crippen LogP contribution in [0.2, 0.25) is 0 Å². The summed E-state index contributed by atoms with van der Waals surface area (Å²) in [4.78, 5) is 16.8. The highest BCUT2D eigenvalue weighted by Gasteiger charge is 2.22. The number of nitrogens with zero attached hydrogens (tertiary/aromatic N) is 2. The topological polar surface area (TPSA) is 91.4 Å². The number of benzene rings is 1. The molecular formula is C19H24N4O3S. The van der Waals surface area contributed by atoms with E-state index in [1.165, 1.54) is 41.4 Å². The molecule has 144 valence electrons. The van der Waals surface area contributed by atoms with Crippen molar-refractivity contribution in [2.24, 2.45) is 0 Å². The molecule has 1 amide bonds. The van der Waals surface area contributed by atoms with Crippen LogP contribution < -0.4 is 10.6 Å². The Morgan fingerprint density at radius 1 is 1.11 bits per heavy atom. The SMILES string of the molecule is CCN(CC)S(=O)(=O)c1ccc(C(=O)Nc2ccc(NC3CC3)cn2)cc1. The molecule has 1 aliphatic rings. The number of rotatable bonds is 8.